The highest BCUT2D eigenvalue weighted by atomic mass is 35.5. The van der Waals surface area contributed by atoms with Crippen LogP contribution in [0.2, 0.25) is 5.02 Å². The standard InChI is InChI=1S/C20H14ClF7N6O3S/c21-11-8-33-15(6-12(11)22)31-16(18(24)25)17(33)19(35)29-7-10-1-2-14(13(23)5-10)34-4-3-32(9-30-34)38(36,37)20(26,27)28/h1-2,5-6,8-9,18H,3-4,7H2,(H,29,35). The Bertz CT molecular complexity index is 1540. The average Bonchev–Trinajstić information content (AvgIpc) is 3.21. The second kappa shape index (κ2) is 9.94. The summed E-state index contributed by atoms with van der Waals surface area (Å²) in [5.74, 6) is -2.88. The summed E-state index contributed by atoms with van der Waals surface area (Å²) in [7, 11) is -5.64. The lowest BCUT2D eigenvalue weighted by atomic mass is 10.2. The second-order valence-electron chi connectivity index (χ2n) is 7.73. The highest BCUT2D eigenvalue weighted by Crippen LogP contribution is 2.29. The Kier molecular flexibility index (Phi) is 7.17. The van der Waals surface area contributed by atoms with Crippen molar-refractivity contribution in [2.45, 2.75) is 18.5 Å². The van der Waals surface area contributed by atoms with Crippen LogP contribution in [0.4, 0.5) is 36.4 Å². The van der Waals surface area contributed by atoms with Gasteiger partial charge in [0, 0.05) is 18.8 Å². The normalized spacial score (nSPS) is 14.6. The number of aromatic nitrogens is 2. The Morgan fingerprint density at radius 3 is 2.42 bits per heavy atom. The number of hydrazone groups is 1. The molecule has 1 aliphatic rings. The van der Waals surface area contributed by atoms with Crippen molar-refractivity contribution in [1.29, 1.82) is 0 Å². The Hall–Kier alpha value is -3.60. The number of sulfonamides is 1. The van der Waals surface area contributed by atoms with E-state index in [-0.39, 0.29) is 27.7 Å². The summed E-state index contributed by atoms with van der Waals surface area (Å²) in [6, 6.07) is 4.24. The first-order chi connectivity index (χ1) is 17.7. The van der Waals surface area contributed by atoms with Crippen LogP contribution in [0.3, 0.4) is 0 Å². The molecule has 4 rings (SSSR count). The quantitative estimate of drug-likeness (QED) is 0.440. The minimum absolute atomic E-state index is 0.0132. The predicted molar refractivity (Wildman–Crippen MR) is 120 cm³/mol. The fourth-order valence-corrected chi connectivity index (χ4v) is 4.40. The van der Waals surface area contributed by atoms with Crippen molar-refractivity contribution < 1.29 is 43.9 Å². The van der Waals surface area contributed by atoms with E-state index in [1.807, 2.05) is 0 Å². The van der Waals surface area contributed by atoms with Crippen LogP contribution in [-0.4, -0.2) is 53.0 Å². The molecule has 1 N–H and O–H groups in total. The molecule has 1 amide bonds. The van der Waals surface area contributed by atoms with Crippen molar-refractivity contribution in [3.8, 4) is 0 Å². The van der Waals surface area contributed by atoms with E-state index in [0.29, 0.717) is 6.34 Å². The maximum atomic E-state index is 14.7. The molecule has 0 radical (unpaired) electrons. The molecule has 0 saturated heterocycles. The molecule has 3 aromatic rings. The van der Waals surface area contributed by atoms with Crippen molar-refractivity contribution in [2.75, 3.05) is 18.1 Å². The van der Waals surface area contributed by atoms with Gasteiger partial charge in [0.15, 0.2) is 0 Å². The summed E-state index contributed by atoms with van der Waals surface area (Å²) in [6.45, 7) is -1.39. The Balaban J connectivity index is 1.50. The molecule has 0 unspecified atom stereocenters. The lowest BCUT2D eigenvalue weighted by Crippen LogP contribution is -2.46. The first-order valence-electron chi connectivity index (χ1n) is 10.3. The summed E-state index contributed by atoms with van der Waals surface area (Å²) in [5, 5.41) is 6.38. The van der Waals surface area contributed by atoms with Crippen molar-refractivity contribution in [2.24, 2.45) is 5.10 Å². The summed E-state index contributed by atoms with van der Waals surface area (Å²) in [4.78, 5) is 16.3. The topological polar surface area (TPSA) is 99.4 Å². The number of rotatable bonds is 6. The maximum absolute atomic E-state index is 14.7. The van der Waals surface area contributed by atoms with Crippen molar-refractivity contribution >= 4 is 45.2 Å². The minimum Gasteiger partial charge on any atom is -0.347 e. The summed E-state index contributed by atoms with van der Waals surface area (Å²) in [5.41, 5.74) is -7.37. The van der Waals surface area contributed by atoms with E-state index in [4.69, 9.17) is 11.6 Å². The van der Waals surface area contributed by atoms with Gasteiger partial charge in [-0.05, 0) is 17.7 Å². The average molecular weight is 587 g/mol. The number of amides is 1. The molecule has 0 saturated carbocycles. The van der Waals surface area contributed by atoms with Gasteiger partial charge in [0.05, 0.1) is 23.8 Å². The minimum atomic E-state index is -5.64. The summed E-state index contributed by atoms with van der Waals surface area (Å²) in [6.07, 6.45) is -1.86. The molecule has 2 aromatic heterocycles. The molecule has 0 bridgehead atoms. The number of halogens is 8. The predicted octanol–water partition coefficient (Wildman–Crippen LogP) is 4.05. The van der Waals surface area contributed by atoms with Crippen LogP contribution >= 0.6 is 11.6 Å². The van der Waals surface area contributed by atoms with Crippen LogP contribution in [-0.2, 0) is 16.6 Å². The highest BCUT2D eigenvalue weighted by molar-refractivity contribution is 7.90. The van der Waals surface area contributed by atoms with E-state index < -0.39 is 69.0 Å². The molecular weight excluding hydrogens is 573 g/mol. The van der Waals surface area contributed by atoms with Crippen LogP contribution in [0, 0.1) is 11.6 Å². The number of alkyl halides is 5. The first kappa shape index (κ1) is 27.4. The van der Waals surface area contributed by atoms with E-state index in [1.165, 1.54) is 12.1 Å². The number of carbonyl (C=O) groups excluding carboxylic acids is 1. The van der Waals surface area contributed by atoms with Gasteiger partial charge in [0.1, 0.15) is 35.0 Å². The molecule has 0 fully saturated rings. The lowest BCUT2D eigenvalue weighted by Gasteiger charge is -2.29. The summed E-state index contributed by atoms with van der Waals surface area (Å²) >= 11 is 5.69. The first-order valence-corrected chi connectivity index (χ1v) is 12.1. The van der Waals surface area contributed by atoms with Gasteiger partial charge >= 0.3 is 15.5 Å². The van der Waals surface area contributed by atoms with Gasteiger partial charge in [0.2, 0.25) is 0 Å². The molecule has 1 aromatic carbocycles. The number of hydrogen-bond acceptors (Lipinski definition) is 6. The lowest BCUT2D eigenvalue weighted by molar-refractivity contribution is -0.0471. The van der Waals surface area contributed by atoms with Crippen LogP contribution in [0.1, 0.15) is 28.2 Å². The van der Waals surface area contributed by atoms with E-state index in [1.54, 1.807) is 0 Å². The van der Waals surface area contributed by atoms with Crippen molar-refractivity contribution in [3.05, 3.63) is 64.1 Å². The Morgan fingerprint density at radius 2 is 1.84 bits per heavy atom. The third-order valence-electron chi connectivity index (χ3n) is 5.31. The Morgan fingerprint density at radius 1 is 1.13 bits per heavy atom. The van der Waals surface area contributed by atoms with Gasteiger partial charge in [-0.3, -0.25) is 14.2 Å². The Labute approximate surface area is 214 Å². The van der Waals surface area contributed by atoms with E-state index in [2.05, 4.69) is 15.4 Å². The number of pyridine rings is 1. The monoisotopic (exact) mass is 586 g/mol. The maximum Gasteiger partial charge on any atom is 0.516 e. The van der Waals surface area contributed by atoms with Crippen LogP contribution < -0.4 is 10.3 Å². The number of anilines is 1. The zero-order chi connectivity index (χ0) is 28.0. The molecule has 204 valence electrons. The van der Waals surface area contributed by atoms with Gasteiger partial charge < -0.3 is 5.32 Å². The number of imidazole rings is 1. The van der Waals surface area contributed by atoms with Gasteiger partial charge in [-0.25, -0.2) is 26.9 Å². The van der Waals surface area contributed by atoms with Gasteiger partial charge in [0.25, 0.3) is 12.3 Å². The molecule has 18 heteroatoms. The number of nitrogens with zero attached hydrogens (tertiary/aromatic N) is 5. The molecule has 0 atom stereocenters. The largest absolute Gasteiger partial charge is 0.516 e. The zero-order valence-corrected chi connectivity index (χ0v) is 20.1. The van der Waals surface area contributed by atoms with Gasteiger partial charge in [-0.15, -0.1) is 0 Å². The van der Waals surface area contributed by atoms with Crippen LogP contribution in [0.15, 0.2) is 35.6 Å². The van der Waals surface area contributed by atoms with E-state index >= 15 is 0 Å². The fraction of sp³-hybridized carbons (Fsp3) is 0.250. The number of carbonyl (C=O) groups is 1. The van der Waals surface area contributed by atoms with Crippen LogP contribution in [0.5, 0.6) is 0 Å². The van der Waals surface area contributed by atoms with Gasteiger partial charge in [-0.2, -0.15) is 26.7 Å². The molecule has 3 heterocycles. The second-order valence-corrected chi connectivity index (χ2v) is 10.0. The number of nitrogens with one attached hydrogen (secondary N) is 1. The number of fused-ring (bicyclic) bond motifs is 1. The zero-order valence-electron chi connectivity index (χ0n) is 18.6. The molecular formula is C20H14ClF7N6O3S. The van der Waals surface area contributed by atoms with Crippen molar-refractivity contribution in [3.63, 3.8) is 0 Å². The molecule has 1 aliphatic heterocycles. The molecule has 0 aliphatic carbocycles. The highest BCUT2D eigenvalue weighted by Gasteiger charge is 2.50. The smallest absolute Gasteiger partial charge is 0.347 e. The molecule has 9 nitrogen and oxygen atoms in total. The third-order valence-corrected chi connectivity index (χ3v) is 7.07. The summed E-state index contributed by atoms with van der Waals surface area (Å²) < 4.78 is 117. The fourth-order valence-electron chi connectivity index (χ4n) is 3.50. The molecule has 0 spiro atoms. The number of benzene rings is 1. The van der Waals surface area contributed by atoms with Crippen LogP contribution in [0.25, 0.3) is 5.65 Å². The molecule has 38 heavy (non-hydrogen) atoms. The van der Waals surface area contributed by atoms with E-state index in [9.17, 15) is 43.9 Å². The van der Waals surface area contributed by atoms with E-state index in [0.717, 1.165) is 27.7 Å². The SMILES string of the molecule is O=C(NCc1ccc(N2CCN(S(=O)(=O)C(F)(F)F)C=N2)c(F)c1)c1c(C(F)F)nc2cc(F)c(Cl)cn12. The van der Waals surface area contributed by atoms with Gasteiger partial charge in [-0.1, -0.05) is 17.7 Å². The number of hydrogen-bond donors (Lipinski definition) is 1. The third kappa shape index (κ3) is 5.07. The van der Waals surface area contributed by atoms with Crippen molar-refractivity contribution in [1.82, 2.24) is 19.0 Å².